The average Bonchev–Trinajstić information content (AvgIpc) is 2.16. The Labute approximate surface area is 79.7 Å². The predicted molar refractivity (Wildman–Crippen MR) is 56.2 cm³/mol. The van der Waals surface area contributed by atoms with Gasteiger partial charge in [-0.05, 0) is 30.0 Å². The molecule has 0 atom stereocenters. The summed E-state index contributed by atoms with van der Waals surface area (Å²) in [6, 6.07) is 4.15. The standard InChI is InChI=1S/C11H17NO/c1-4-8-6-9(5-2)11(13-3)10(12)7-8/h6-7H,4-5,12H2,1-3H3. The van der Waals surface area contributed by atoms with E-state index in [1.807, 2.05) is 6.07 Å². The normalized spacial score (nSPS) is 10.1. The minimum atomic E-state index is 0.749. The van der Waals surface area contributed by atoms with Crippen molar-refractivity contribution in [3.63, 3.8) is 0 Å². The van der Waals surface area contributed by atoms with Crippen molar-refractivity contribution in [2.75, 3.05) is 12.8 Å². The van der Waals surface area contributed by atoms with E-state index in [0.29, 0.717) is 0 Å². The van der Waals surface area contributed by atoms with E-state index in [2.05, 4.69) is 19.9 Å². The fourth-order valence-electron chi connectivity index (χ4n) is 1.50. The average molecular weight is 179 g/mol. The summed E-state index contributed by atoms with van der Waals surface area (Å²) in [7, 11) is 1.66. The zero-order valence-corrected chi connectivity index (χ0v) is 8.55. The van der Waals surface area contributed by atoms with E-state index < -0.39 is 0 Å². The van der Waals surface area contributed by atoms with E-state index in [-0.39, 0.29) is 0 Å². The lowest BCUT2D eigenvalue weighted by molar-refractivity contribution is 0.412. The molecule has 0 aromatic heterocycles. The summed E-state index contributed by atoms with van der Waals surface area (Å²) in [6.07, 6.45) is 1.97. The number of rotatable bonds is 3. The van der Waals surface area contributed by atoms with Crippen LogP contribution in [0.3, 0.4) is 0 Å². The Bertz CT molecular complexity index is 294. The van der Waals surface area contributed by atoms with Gasteiger partial charge < -0.3 is 10.5 Å². The first kappa shape index (κ1) is 9.90. The van der Waals surface area contributed by atoms with Gasteiger partial charge in [-0.15, -0.1) is 0 Å². The third-order valence-electron chi connectivity index (χ3n) is 2.25. The maximum Gasteiger partial charge on any atom is 0.144 e. The maximum atomic E-state index is 5.86. The number of hydrogen-bond acceptors (Lipinski definition) is 2. The lowest BCUT2D eigenvalue weighted by Gasteiger charge is -2.11. The van der Waals surface area contributed by atoms with E-state index in [0.717, 1.165) is 24.3 Å². The van der Waals surface area contributed by atoms with Crippen molar-refractivity contribution in [1.29, 1.82) is 0 Å². The van der Waals surface area contributed by atoms with Crippen LogP contribution in [0.4, 0.5) is 5.69 Å². The lowest BCUT2D eigenvalue weighted by atomic mass is 10.0. The van der Waals surface area contributed by atoms with Crippen LogP contribution in [-0.2, 0) is 12.8 Å². The van der Waals surface area contributed by atoms with Gasteiger partial charge in [0, 0.05) is 0 Å². The molecule has 0 fully saturated rings. The summed E-state index contributed by atoms with van der Waals surface area (Å²) in [5, 5.41) is 0. The third kappa shape index (κ3) is 1.94. The molecule has 0 saturated carbocycles. The van der Waals surface area contributed by atoms with Crippen LogP contribution in [0.5, 0.6) is 5.75 Å². The Kier molecular flexibility index (Phi) is 3.18. The monoisotopic (exact) mass is 179 g/mol. The molecule has 1 rings (SSSR count). The van der Waals surface area contributed by atoms with Gasteiger partial charge in [-0.1, -0.05) is 19.9 Å². The van der Waals surface area contributed by atoms with Crippen LogP contribution >= 0.6 is 0 Å². The molecule has 0 aliphatic carbocycles. The Morgan fingerprint density at radius 3 is 2.38 bits per heavy atom. The van der Waals surface area contributed by atoms with Gasteiger partial charge in [0.1, 0.15) is 5.75 Å². The van der Waals surface area contributed by atoms with Crippen LogP contribution in [0.1, 0.15) is 25.0 Å². The first-order valence-electron chi connectivity index (χ1n) is 4.68. The summed E-state index contributed by atoms with van der Waals surface area (Å²) in [4.78, 5) is 0. The van der Waals surface area contributed by atoms with Crippen LogP contribution in [0.15, 0.2) is 12.1 Å². The molecule has 0 saturated heterocycles. The van der Waals surface area contributed by atoms with Crippen LogP contribution in [-0.4, -0.2) is 7.11 Å². The molecule has 0 aliphatic heterocycles. The molecule has 0 heterocycles. The van der Waals surface area contributed by atoms with Crippen molar-refractivity contribution >= 4 is 5.69 Å². The van der Waals surface area contributed by atoms with Gasteiger partial charge in [0.05, 0.1) is 12.8 Å². The summed E-state index contributed by atoms with van der Waals surface area (Å²) < 4.78 is 5.24. The van der Waals surface area contributed by atoms with Gasteiger partial charge in [-0.2, -0.15) is 0 Å². The Hall–Kier alpha value is -1.18. The summed E-state index contributed by atoms with van der Waals surface area (Å²) in [6.45, 7) is 4.23. The van der Waals surface area contributed by atoms with Crippen LogP contribution < -0.4 is 10.5 Å². The number of anilines is 1. The second kappa shape index (κ2) is 4.17. The largest absolute Gasteiger partial charge is 0.494 e. The van der Waals surface area contributed by atoms with Gasteiger partial charge in [0.15, 0.2) is 0 Å². The zero-order valence-electron chi connectivity index (χ0n) is 8.55. The molecule has 2 nitrogen and oxygen atoms in total. The SMILES string of the molecule is CCc1cc(N)c(OC)c(CC)c1. The highest BCUT2D eigenvalue weighted by molar-refractivity contribution is 5.59. The first-order chi connectivity index (χ1) is 6.22. The lowest BCUT2D eigenvalue weighted by Crippen LogP contribution is -1.98. The molecule has 1 aromatic rings. The Morgan fingerprint density at radius 2 is 1.92 bits per heavy atom. The summed E-state index contributed by atoms with van der Waals surface area (Å²) in [5.41, 5.74) is 9.07. The third-order valence-corrected chi connectivity index (χ3v) is 2.25. The van der Waals surface area contributed by atoms with Gasteiger partial charge >= 0.3 is 0 Å². The molecule has 0 radical (unpaired) electrons. The van der Waals surface area contributed by atoms with Crippen molar-refractivity contribution in [1.82, 2.24) is 0 Å². The van der Waals surface area contributed by atoms with Crippen molar-refractivity contribution in [3.05, 3.63) is 23.3 Å². The maximum absolute atomic E-state index is 5.86. The first-order valence-corrected chi connectivity index (χ1v) is 4.68. The van der Waals surface area contributed by atoms with Gasteiger partial charge in [-0.25, -0.2) is 0 Å². The van der Waals surface area contributed by atoms with Crippen LogP contribution in [0.25, 0.3) is 0 Å². The molecule has 72 valence electrons. The molecule has 2 N–H and O–H groups in total. The number of aryl methyl sites for hydroxylation is 2. The van der Waals surface area contributed by atoms with Crippen molar-refractivity contribution in [2.45, 2.75) is 26.7 Å². The molecule has 0 aliphatic rings. The minimum Gasteiger partial charge on any atom is -0.494 e. The second-order valence-electron chi connectivity index (χ2n) is 3.08. The summed E-state index contributed by atoms with van der Waals surface area (Å²) in [5.74, 6) is 0.833. The number of hydrogen-bond donors (Lipinski definition) is 1. The Balaban J connectivity index is 3.20. The fraction of sp³-hybridized carbons (Fsp3) is 0.455. The number of methoxy groups -OCH3 is 1. The number of ether oxygens (including phenoxy) is 1. The Morgan fingerprint density at radius 1 is 1.23 bits per heavy atom. The van der Waals surface area contributed by atoms with E-state index in [1.165, 1.54) is 11.1 Å². The van der Waals surface area contributed by atoms with E-state index >= 15 is 0 Å². The number of nitrogen functional groups attached to an aromatic ring is 1. The minimum absolute atomic E-state index is 0.749. The van der Waals surface area contributed by atoms with Crippen molar-refractivity contribution in [3.8, 4) is 5.75 Å². The number of nitrogens with two attached hydrogens (primary N) is 1. The predicted octanol–water partition coefficient (Wildman–Crippen LogP) is 2.40. The molecule has 0 unspecified atom stereocenters. The van der Waals surface area contributed by atoms with E-state index in [1.54, 1.807) is 7.11 Å². The molecule has 0 amide bonds. The fourth-order valence-corrected chi connectivity index (χ4v) is 1.50. The smallest absolute Gasteiger partial charge is 0.144 e. The van der Waals surface area contributed by atoms with Crippen molar-refractivity contribution < 1.29 is 4.74 Å². The molecular weight excluding hydrogens is 162 g/mol. The quantitative estimate of drug-likeness (QED) is 0.723. The van der Waals surface area contributed by atoms with E-state index in [9.17, 15) is 0 Å². The van der Waals surface area contributed by atoms with Gasteiger partial charge in [0.25, 0.3) is 0 Å². The van der Waals surface area contributed by atoms with Gasteiger partial charge in [-0.3, -0.25) is 0 Å². The van der Waals surface area contributed by atoms with Crippen LogP contribution in [0, 0.1) is 0 Å². The van der Waals surface area contributed by atoms with Gasteiger partial charge in [0.2, 0.25) is 0 Å². The summed E-state index contributed by atoms with van der Waals surface area (Å²) >= 11 is 0. The topological polar surface area (TPSA) is 35.2 Å². The highest BCUT2D eigenvalue weighted by Gasteiger charge is 2.06. The molecule has 0 bridgehead atoms. The molecule has 2 heteroatoms. The second-order valence-corrected chi connectivity index (χ2v) is 3.08. The number of benzene rings is 1. The van der Waals surface area contributed by atoms with Crippen molar-refractivity contribution in [2.24, 2.45) is 0 Å². The molecule has 13 heavy (non-hydrogen) atoms. The highest BCUT2D eigenvalue weighted by atomic mass is 16.5. The zero-order chi connectivity index (χ0) is 9.84. The molecule has 0 spiro atoms. The van der Waals surface area contributed by atoms with E-state index in [4.69, 9.17) is 10.5 Å². The molecular formula is C11H17NO. The van der Waals surface area contributed by atoms with Crippen LogP contribution in [0.2, 0.25) is 0 Å². The highest BCUT2D eigenvalue weighted by Crippen LogP contribution is 2.28. The molecule has 1 aromatic carbocycles.